The van der Waals surface area contributed by atoms with Crippen molar-refractivity contribution in [3.05, 3.63) is 65.7 Å². The Hall–Kier alpha value is -2.82. The molecule has 0 aromatic heterocycles. The van der Waals surface area contributed by atoms with Crippen molar-refractivity contribution >= 4 is 17.6 Å². The second-order valence-corrected chi connectivity index (χ2v) is 5.97. The third-order valence-electron chi connectivity index (χ3n) is 4.22. The molecule has 3 N–H and O–H groups in total. The summed E-state index contributed by atoms with van der Waals surface area (Å²) in [6, 6.07) is 16.5. The minimum Gasteiger partial charge on any atom is -0.469 e. The lowest BCUT2D eigenvalue weighted by Gasteiger charge is -2.24. The molecule has 1 amide bonds. The standard InChI is InChI=1S/C20H24N2O3/c1-14(20(24)25-2)19(16-9-4-3-5-10-16)22-18(23)13-12-15-8-6-7-11-17(15)21/h3-11,14,19H,12-13,21H2,1-2H3,(H,22,23). The molecule has 0 radical (unpaired) electrons. The van der Waals surface area contributed by atoms with Gasteiger partial charge < -0.3 is 15.8 Å². The first kappa shape index (κ1) is 18.5. The fourth-order valence-electron chi connectivity index (χ4n) is 2.74. The number of hydrogen-bond acceptors (Lipinski definition) is 4. The van der Waals surface area contributed by atoms with E-state index in [0.29, 0.717) is 18.5 Å². The van der Waals surface area contributed by atoms with Crippen LogP contribution < -0.4 is 11.1 Å². The smallest absolute Gasteiger partial charge is 0.310 e. The number of nitrogens with one attached hydrogen (secondary N) is 1. The van der Waals surface area contributed by atoms with E-state index in [2.05, 4.69) is 5.32 Å². The van der Waals surface area contributed by atoms with E-state index in [0.717, 1.165) is 11.1 Å². The summed E-state index contributed by atoms with van der Waals surface area (Å²) >= 11 is 0. The first-order valence-electron chi connectivity index (χ1n) is 8.28. The molecule has 0 spiro atoms. The molecule has 0 fully saturated rings. The summed E-state index contributed by atoms with van der Waals surface area (Å²) in [5, 5.41) is 2.96. The molecule has 0 saturated heterocycles. The Morgan fingerprint density at radius 1 is 1.08 bits per heavy atom. The van der Waals surface area contributed by atoms with Gasteiger partial charge in [-0.2, -0.15) is 0 Å². The number of ether oxygens (including phenoxy) is 1. The van der Waals surface area contributed by atoms with Gasteiger partial charge in [0.25, 0.3) is 0 Å². The second-order valence-electron chi connectivity index (χ2n) is 5.97. The molecular formula is C20H24N2O3. The topological polar surface area (TPSA) is 81.4 Å². The van der Waals surface area contributed by atoms with Gasteiger partial charge in [0, 0.05) is 12.1 Å². The van der Waals surface area contributed by atoms with Crippen LogP contribution in [0.4, 0.5) is 5.69 Å². The van der Waals surface area contributed by atoms with Crippen LogP contribution in [0.1, 0.15) is 30.5 Å². The number of amides is 1. The maximum Gasteiger partial charge on any atom is 0.310 e. The number of esters is 1. The van der Waals surface area contributed by atoms with Gasteiger partial charge in [-0.25, -0.2) is 0 Å². The van der Waals surface area contributed by atoms with E-state index in [9.17, 15) is 9.59 Å². The average molecular weight is 340 g/mol. The monoisotopic (exact) mass is 340 g/mol. The highest BCUT2D eigenvalue weighted by atomic mass is 16.5. The number of hydrogen-bond donors (Lipinski definition) is 2. The van der Waals surface area contributed by atoms with E-state index in [1.54, 1.807) is 6.92 Å². The molecule has 0 heterocycles. The second kappa shape index (κ2) is 8.87. The Balaban J connectivity index is 2.07. The number of nitrogen functional groups attached to an aromatic ring is 1. The van der Waals surface area contributed by atoms with Crippen LogP contribution in [-0.4, -0.2) is 19.0 Å². The summed E-state index contributed by atoms with van der Waals surface area (Å²) in [6.45, 7) is 1.75. The fourth-order valence-corrected chi connectivity index (χ4v) is 2.74. The maximum absolute atomic E-state index is 12.4. The largest absolute Gasteiger partial charge is 0.469 e. The van der Waals surface area contributed by atoms with Gasteiger partial charge in [0.1, 0.15) is 0 Å². The van der Waals surface area contributed by atoms with Crippen molar-refractivity contribution in [2.75, 3.05) is 12.8 Å². The minimum absolute atomic E-state index is 0.132. The number of benzene rings is 2. The predicted octanol–water partition coefficient (Wildman–Crippen LogP) is 2.87. The molecule has 5 heteroatoms. The quantitative estimate of drug-likeness (QED) is 0.600. The normalized spacial score (nSPS) is 12.9. The first-order valence-corrected chi connectivity index (χ1v) is 8.28. The Bertz CT molecular complexity index is 716. The van der Waals surface area contributed by atoms with Crippen LogP contribution in [-0.2, 0) is 20.7 Å². The number of carbonyl (C=O) groups excluding carboxylic acids is 2. The van der Waals surface area contributed by atoms with Crippen molar-refractivity contribution in [1.82, 2.24) is 5.32 Å². The Morgan fingerprint density at radius 2 is 1.72 bits per heavy atom. The lowest BCUT2D eigenvalue weighted by molar-refractivity contribution is -0.146. The molecule has 2 aromatic carbocycles. The number of nitrogens with two attached hydrogens (primary N) is 1. The number of para-hydroxylation sites is 1. The molecule has 25 heavy (non-hydrogen) atoms. The maximum atomic E-state index is 12.4. The van der Waals surface area contributed by atoms with Crippen molar-refractivity contribution in [3.8, 4) is 0 Å². The van der Waals surface area contributed by atoms with Crippen LogP contribution >= 0.6 is 0 Å². The number of rotatable bonds is 7. The number of carbonyl (C=O) groups is 2. The average Bonchev–Trinajstić information content (AvgIpc) is 2.65. The zero-order chi connectivity index (χ0) is 18.2. The zero-order valence-corrected chi connectivity index (χ0v) is 14.6. The van der Waals surface area contributed by atoms with Gasteiger partial charge in [-0.05, 0) is 30.5 Å². The molecular weight excluding hydrogens is 316 g/mol. The van der Waals surface area contributed by atoms with Crippen LogP contribution in [0.3, 0.4) is 0 Å². The summed E-state index contributed by atoms with van der Waals surface area (Å²) in [5.74, 6) is -0.979. The van der Waals surface area contributed by atoms with Crippen molar-refractivity contribution in [3.63, 3.8) is 0 Å². The minimum atomic E-state index is -0.488. The molecule has 0 aliphatic rings. The van der Waals surface area contributed by atoms with E-state index < -0.39 is 12.0 Å². The number of anilines is 1. The molecule has 0 bridgehead atoms. The van der Waals surface area contributed by atoms with E-state index in [-0.39, 0.29) is 11.9 Å². The Morgan fingerprint density at radius 3 is 2.36 bits per heavy atom. The van der Waals surface area contributed by atoms with Crippen molar-refractivity contribution in [2.45, 2.75) is 25.8 Å². The van der Waals surface area contributed by atoms with Crippen LogP contribution in [0, 0.1) is 5.92 Å². The molecule has 2 atom stereocenters. The van der Waals surface area contributed by atoms with Crippen LogP contribution in [0.25, 0.3) is 0 Å². The zero-order valence-electron chi connectivity index (χ0n) is 14.6. The molecule has 2 aromatic rings. The summed E-state index contributed by atoms with van der Waals surface area (Å²) in [7, 11) is 1.35. The van der Waals surface area contributed by atoms with Crippen molar-refractivity contribution in [2.24, 2.45) is 5.92 Å². The van der Waals surface area contributed by atoms with Crippen LogP contribution in [0.5, 0.6) is 0 Å². The van der Waals surface area contributed by atoms with Gasteiger partial charge in [-0.15, -0.1) is 0 Å². The van der Waals surface area contributed by atoms with Crippen LogP contribution in [0.2, 0.25) is 0 Å². The summed E-state index contributed by atoms with van der Waals surface area (Å²) in [6.07, 6.45) is 0.845. The van der Waals surface area contributed by atoms with Gasteiger partial charge in [-0.1, -0.05) is 48.5 Å². The fraction of sp³-hybridized carbons (Fsp3) is 0.300. The first-order chi connectivity index (χ1) is 12.0. The third kappa shape index (κ3) is 5.08. The molecule has 0 saturated carbocycles. The molecule has 2 unspecified atom stereocenters. The highest BCUT2D eigenvalue weighted by Crippen LogP contribution is 2.23. The Labute approximate surface area is 148 Å². The highest BCUT2D eigenvalue weighted by molar-refractivity contribution is 5.79. The van der Waals surface area contributed by atoms with Gasteiger partial charge in [-0.3, -0.25) is 9.59 Å². The molecule has 2 rings (SSSR count). The summed E-state index contributed by atoms with van der Waals surface area (Å²) < 4.78 is 4.83. The van der Waals surface area contributed by atoms with Crippen LogP contribution in [0.15, 0.2) is 54.6 Å². The summed E-state index contributed by atoms with van der Waals surface area (Å²) in [5.41, 5.74) is 8.40. The van der Waals surface area contributed by atoms with E-state index in [1.165, 1.54) is 7.11 Å². The number of methoxy groups -OCH3 is 1. The number of aryl methyl sites for hydroxylation is 1. The third-order valence-corrected chi connectivity index (χ3v) is 4.22. The molecule has 5 nitrogen and oxygen atoms in total. The van der Waals surface area contributed by atoms with E-state index >= 15 is 0 Å². The predicted molar refractivity (Wildman–Crippen MR) is 97.7 cm³/mol. The van der Waals surface area contributed by atoms with E-state index in [1.807, 2.05) is 54.6 Å². The lowest BCUT2D eigenvalue weighted by Crippen LogP contribution is -2.36. The van der Waals surface area contributed by atoms with Gasteiger partial charge in [0.2, 0.25) is 5.91 Å². The van der Waals surface area contributed by atoms with Gasteiger partial charge >= 0.3 is 5.97 Å². The van der Waals surface area contributed by atoms with Gasteiger partial charge in [0.15, 0.2) is 0 Å². The summed E-state index contributed by atoms with van der Waals surface area (Å²) in [4.78, 5) is 24.4. The highest BCUT2D eigenvalue weighted by Gasteiger charge is 2.27. The van der Waals surface area contributed by atoms with E-state index in [4.69, 9.17) is 10.5 Å². The van der Waals surface area contributed by atoms with Gasteiger partial charge in [0.05, 0.1) is 19.1 Å². The van der Waals surface area contributed by atoms with Crippen molar-refractivity contribution in [1.29, 1.82) is 0 Å². The molecule has 0 aliphatic carbocycles. The SMILES string of the molecule is COC(=O)C(C)C(NC(=O)CCc1ccccc1N)c1ccccc1. The Kier molecular flexibility index (Phi) is 6.57. The molecule has 132 valence electrons. The lowest BCUT2D eigenvalue weighted by atomic mass is 9.94. The molecule has 0 aliphatic heterocycles. The van der Waals surface area contributed by atoms with Crippen molar-refractivity contribution < 1.29 is 14.3 Å².